The van der Waals surface area contributed by atoms with Gasteiger partial charge in [0.2, 0.25) is 5.91 Å². The monoisotopic (exact) mass is 378 g/mol. The topological polar surface area (TPSA) is 41.6 Å². The zero-order valence-electron chi connectivity index (χ0n) is 16.8. The number of amides is 1. The highest BCUT2D eigenvalue weighted by molar-refractivity contribution is 5.91. The first-order chi connectivity index (χ1) is 13.6. The Morgan fingerprint density at radius 2 is 1.86 bits per heavy atom. The van der Waals surface area contributed by atoms with Crippen molar-refractivity contribution in [3.05, 3.63) is 71.8 Å². The van der Waals surface area contributed by atoms with Gasteiger partial charge in [0.15, 0.2) is 0 Å². The van der Waals surface area contributed by atoms with Crippen LogP contribution < -0.4 is 10.1 Å². The van der Waals surface area contributed by atoms with Crippen molar-refractivity contribution in [2.45, 2.75) is 38.8 Å². The highest BCUT2D eigenvalue weighted by atomic mass is 16.5. The van der Waals surface area contributed by atoms with Crippen molar-refractivity contribution in [2.24, 2.45) is 0 Å². The summed E-state index contributed by atoms with van der Waals surface area (Å²) in [6, 6.07) is 18.4. The molecule has 1 saturated heterocycles. The van der Waals surface area contributed by atoms with Crippen LogP contribution in [-0.4, -0.2) is 36.5 Å². The third-order valence-electron chi connectivity index (χ3n) is 4.89. The Hall–Kier alpha value is -2.59. The van der Waals surface area contributed by atoms with Crippen molar-refractivity contribution in [1.29, 1.82) is 0 Å². The van der Waals surface area contributed by atoms with Crippen LogP contribution in [0.4, 0.5) is 0 Å². The third kappa shape index (κ3) is 5.96. The summed E-state index contributed by atoms with van der Waals surface area (Å²) < 4.78 is 5.71. The molecule has 1 aliphatic heterocycles. The van der Waals surface area contributed by atoms with Crippen LogP contribution in [0.15, 0.2) is 60.7 Å². The van der Waals surface area contributed by atoms with Crippen LogP contribution in [0.1, 0.15) is 43.9 Å². The predicted molar refractivity (Wildman–Crippen MR) is 114 cm³/mol. The summed E-state index contributed by atoms with van der Waals surface area (Å²) in [6.45, 7) is 6.80. The van der Waals surface area contributed by atoms with E-state index in [1.54, 1.807) is 6.08 Å². The minimum absolute atomic E-state index is 0.0738. The molecule has 1 unspecified atom stereocenters. The van der Waals surface area contributed by atoms with Gasteiger partial charge in [-0.15, -0.1) is 0 Å². The SMILES string of the molecule is CC(C)Oc1cccc(/C=C/C(=O)NCC(c2ccccc2)N2CCCC2)c1. The van der Waals surface area contributed by atoms with Gasteiger partial charge in [-0.3, -0.25) is 9.69 Å². The van der Waals surface area contributed by atoms with Gasteiger partial charge in [-0.05, 0) is 69.1 Å². The quantitative estimate of drug-likeness (QED) is 0.691. The second-order valence-electron chi connectivity index (χ2n) is 7.49. The summed E-state index contributed by atoms with van der Waals surface area (Å²) in [6.07, 6.45) is 6.01. The zero-order valence-corrected chi connectivity index (χ0v) is 16.8. The molecule has 0 saturated carbocycles. The smallest absolute Gasteiger partial charge is 0.244 e. The molecule has 1 N–H and O–H groups in total. The van der Waals surface area contributed by atoms with E-state index in [0.29, 0.717) is 6.54 Å². The lowest BCUT2D eigenvalue weighted by Gasteiger charge is -2.28. The molecule has 0 bridgehead atoms. The molecular formula is C24H30N2O2. The van der Waals surface area contributed by atoms with Gasteiger partial charge >= 0.3 is 0 Å². The number of hydrogen-bond acceptors (Lipinski definition) is 3. The van der Waals surface area contributed by atoms with Crippen LogP contribution in [-0.2, 0) is 4.79 Å². The van der Waals surface area contributed by atoms with E-state index in [1.165, 1.54) is 18.4 Å². The number of nitrogens with zero attached hydrogens (tertiary/aromatic N) is 1. The number of likely N-dealkylation sites (tertiary alicyclic amines) is 1. The van der Waals surface area contributed by atoms with Gasteiger partial charge in [0.05, 0.1) is 12.1 Å². The highest BCUT2D eigenvalue weighted by Gasteiger charge is 2.23. The first-order valence-corrected chi connectivity index (χ1v) is 10.1. The van der Waals surface area contributed by atoms with Crippen LogP contribution >= 0.6 is 0 Å². The van der Waals surface area contributed by atoms with Crippen LogP contribution in [0.3, 0.4) is 0 Å². The Balaban J connectivity index is 1.59. The number of carbonyl (C=O) groups excluding carboxylic acids is 1. The molecule has 4 nitrogen and oxygen atoms in total. The molecule has 1 aliphatic rings. The molecule has 0 radical (unpaired) electrons. The van der Waals surface area contributed by atoms with Crippen LogP contribution in [0, 0.1) is 0 Å². The summed E-state index contributed by atoms with van der Waals surface area (Å²) in [7, 11) is 0. The van der Waals surface area contributed by atoms with Crippen molar-refractivity contribution in [3.8, 4) is 5.75 Å². The van der Waals surface area contributed by atoms with Gasteiger partial charge in [0, 0.05) is 12.6 Å². The van der Waals surface area contributed by atoms with Crippen molar-refractivity contribution < 1.29 is 9.53 Å². The van der Waals surface area contributed by atoms with Crippen molar-refractivity contribution in [1.82, 2.24) is 10.2 Å². The number of carbonyl (C=O) groups is 1. The van der Waals surface area contributed by atoms with Gasteiger partial charge in [-0.25, -0.2) is 0 Å². The fourth-order valence-electron chi connectivity index (χ4n) is 3.58. The second kappa shape index (κ2) is 10.1. The van der Waals surface area contributed by atoms with E-state index in [4.69, 9.17) is 4.74 Å². The average Bonchev–Trinajstić information content (AvgIpc) is 3.22. The van der Waals surface area contributed by atoms with Crippen molar-refractivity contribution >= 4 is 12.0 Å². The zero-order chi connectivity index (χ0) is 19.8. The first-order valence-electron chi connectivity index (χ1n) is 10.1. The van der Waals surface area contributed by atoms with E-state index >= 15 is 0 Å². The van der Waals surface area contributed by atoms with Crippen LogP contribution in [0.2, 0.25) is 0 Å². The Kier molecular flexibility index (Phi) is 7.26. The minimum atomic E-state index is -0.0738. The molecule has 0 spiro atoms. The summed E-state index contributed by atoms with van der Waals surface area (Å²) in [5.41, 5.74) is 2.21. The third-order valence-corrected chi connectivity index (χ3v) is 4.89. The largest absolute Gasteiger partial charge is 0.491 e. The Morgan fingerprint density at radius 1 is 1.11 bits per heavy atom. The molecule has 1 fully saturated rings. The maximum Gasteiger partial charge on any atom is 0.244 e. The van der Waals surface area contributed by atoms with Gasteiger partial charge in [0.1, 0.15) is 5.75 Å². The van der Waals surface area contributed by atoms with E-state index in [2.05, 4.69) is 34.5 Å². The van der Waals surface area contributed by atoms with Gasteiger partial charge < -0.3 is 10.1 Å². The summed E-state index contributed by atoms with van der Waals surface area (Å²) in [5.74, 6) is 0.742. The maximum atomic E-state index is 12.4. The fourth-order valence-corrected chi connectivity index (χ4v) is 3.58. The molecule has 2 aromatic carbocycles. The van der Waals surface area contributed by atoms with Crippen LogP contribution in [0.5, 0.6) is 5.75 Å². The standard InChI is InChI=1S/C24H30N2O2/c1-19(2)28-22-12-8-9-20(17-22)13-14-24(27)25-18-23(26-15-6-7-16-26)21-10-4-3-5-11-21/h3-5,8-14,17,19,23H,6-7,15-16,18H2,1-2H3,(H,25,27)/b14-13+. The van der Waals surface area contributed by atoms with Crippen LogP contribution in [0.25, 0.3) is 6.08 Å². The summed E-state index contributed by atoms with van der Waals surface area (Å²) in [4.78, 5) is 14.8. The van der Waals surface area contributed by atoms with Gasteiger partial charge in [-0.1, -0.05) is 42.5 Å². The molecule has 1 heterocycles. The second-order valence-corrected chi connectivity index (χ2v) is 7.49. The average molecular weight is 379 g/mol. The molecule has 4 heteroatoms. The number of ether oxygens (including phenoxy) is 1. The summed E-state index contributed by atoms with van der Waals surface area (Å²) in [5, 5.41) is 3.08. The van der Waals surface area contributed by atoms with Gasteiger partial charge in [-0.2, -0.15) is 0 Å². The molecule has 28 heavy (non-hydrogen) atoms. The first kappa shape index (κ1) is 20.2. The van der Waals surface area contributed by atoms with E-state index < -0.39 is 0 Å². The van der Waals surface area contributed by atoms with E-state index in [9.17, 15) is 4.79 Å². The number of hydrogen-bond donors (Lipinski definition) is 1. The minimum Gasteiger partial charge on any atom is -0.491 e. The normalized spacial score (nSPS) is 15.8. The molecule has 1 amide bonds. The molecular weight excluding hydrogens is 348 g/mol. The molecule has 148 valence electrons. The molecule has 0 aromatic heterocycles. The Labute approximate surface area is 168 Å². The maximum absolute atomic E-state index is 12.4. The number of nitrogens with one attached hydrogen (secondary N) is 1. The summed E-state index contributed by atoms with van der Waals surface area (Å²) >= 11 is 0. The molecule has 0 aliphatic carbocycles. The fraction of sp³-hybridized carbons (Fsp3) is 0.375. The Morgan fingerprint density at radius 3 is 2.57 bits per heavy atom. The number of benzene rings is 2. The number of rotatable bonds is 8. The molecule has 3 rings (SSSR count). The van der Waals surface area contributed by atoms with Crippen molar-refractivity contribution in [2.75, 3.05) is 19.6 Å². The lowest BCUT2D eigenvalue weighted by atomic mass is 10.1. The van der Waals surface area contributed by atoms with E-state index in [0.717, 1.165) is 24.4 Å². The lowest BCUT2D eigenvalue weighted by molar-refractivity contribution is -0.116. The molecule has 2 aromatic rings. The molecule has 1 atom stereocenters. The van der Waals surface area contributed by atoms with Gasteiger partial charge in [0.25, 0.3) is 0 Å². The van der Waals surface area contributed by atoms with E-state index in [-0.39, 0.29) is 18.1 Å². The predicted octanol–water partition coefficient (Wildman–Crippen LogP) is 4.44. The van der Waals surface area contributed by atoms with E-state index in [1.807, 2.05) is 50.3 Å². The Bertz CT molecular complexity index is 780. The highest BCUT2D eigenvalue weighted by Crippen LogP contribution is 2.24. The lowest BCUT2D eigenvalue weighted by Crippen LogP contribution is -2.36. The van der Waals surface area contributed by atoms with Crippen molar-refractivity contribution in [3.63, 3.8) is 0 Å².